The summed E-state index contributed by atoms with van der Waals surface area (Å²) in [6, 6.07) is -0.371. The minimum atomic E-state index is -0.338. The predicted octanol–water partition coefficient (Wildman–Crippen LogP) is 1.16. The van der Waals surface area contributed by atoms with Gasteiger partial charge in [-0.3, -0.25) is 9.59 Å². The summed E-state index contributed by atoms with van der Waals surface area (Å²) in [6.07, 6.45) is 2.07. The van der Waals surface area contributed by atoms with E-state index in [2.05, 4.69) is 12.2 Å². The van der Waals surface area contributed by atoms with E-state index in [1.165, 1.54) is 0 Å². The molecule has 17 heavy (non-hydrogen) atoms. The average Bonchev–Trinajstić information content (AvgIpc) is 2.20. The van der Waals surface area contributed by atoms with Gasteiger partial charge in [0.2, 0.25) is 11.8 Å². The van der Waals surface area contributed by atoms with E-state index in [-0.39, 0.29) is 35.9 Å². The largest absolute Gasteiger partial charge is 0.342 e. The summed E-state index contributed by atoms with van der Waals surface area (Å²) in [6.45, 7) is 7.96. The summed E-state index contributed by atoms with van der Waals surface area (Å²) in [5.74, 6) is 0.924. The van der Waals surface area contributed by atoms with Crippen LogP contribution in [-0.2, 0) is 9.59 Å². The van der Waals surface area contributed by atoms with E-state index in [1.807, 2.05) is 25.7 Å². The van der Waals surface area contributed by atoms with Gasteiger partial charge in [0.15, 0.2) is 0 Å². The lowest BCUT2D eigenvalue weighted by Crippen LogP contribution is -2.67. The van der Waals surface area contributed by atoms with Gasteiger partial charge >= 0.3 is 0 Å². The zero-order chi connectivity index (χ0) is 12.7. The Kier molecular flexibility index (Phi) is 3.15. The van der Waals surface area contributed by atoms with Gasteiger partial charge in [0.25, 0.3) is 0 Å². The molecule has 1 aliphatic carbocycles. The van der Waals surface area contributed by atoms with Crippen molar-refractivity contribution in [3.05, 3.63) is 0 Å². The molecule has 4 nitrogen and oxygen atoms in total. The number of nitrogens with zero attached hydrogens (tertiary/aromatic N) is 1. The van der Waals surface area contributed by atoms with Crippen LogP contribution in [0.5, 0.6) is 0 Å². The van der Waals surface area contributed by atoms with Crippen LogP contribution in [0.3, 0.4) is 0 Å². The smallest absolute Gasteiger partial charge is 0.246 e. The fraction of sp³-hybridized carbons (Fsp3) is 0.846. The lowest BCUT2D eigenvalue weighted by Gasteiger charge is -2.48. The van der Waals surface area contributed by atoms with Gasteiger partial charge in [-0.1, -0.05) is 20.8 Å². The molecule has 2 aliphatic rings. The Morgan fingerprint density at radius 2 is 1.82 bits per heavy atom. The van der Waals surface area contributed by atoms with E-state index >= 15 is 0 Å². The standard InChI is InChI=1S/C13H22N2O2/c1-7(2)11-13(17)15(9(4)12(16)14-11)10-5-8(3)6-10/h7-11H,5-6H2,1-4H3,(H,14,16). The highest BCUT2D eigenvalue weighted by molar-refractivity contribution is 5.97. The van der Waals surface area contributed by atoms with Crippen molar-refractivity contribution in [2.75, 3.05) is 0 Å². The zero-order valence-corrected chi connectivity index (χ0v) is 11.1. The van der Waals surface area contributed by atoms with Crippen LogP contribution in [0.4, 0.5) is 0 Å². The van der Waals surface area contributed by atoms with E-state index in [1.54, 1.807) is 0 Å². The molecule has 0 bridgehead atoms. The van der Waals surface area contributed by atoms with Gasteiger partial charge in [-0.25, -0.2) is 0 Å². The van der Waals surface area contributed by atoms with Crippen LogP contribution in [0, 0.1) is 11.8 Å². The predicted molar refractivity (Wildman–Crippen MR) is 65.3 cm³/mol. The van der Waals surface area contributed by atoms with Crippen LogP contribution >= 0.6 is 0 Å². The highest BCUT2D eigenvalue weighted by Crippen LogP contribution is 2.34. The van der Waals surface area contributed by atoms with Crippen molar-refractivity contribution < 1.29 is 9.59 Å². The van der Waals surface area contributed by atoms with E-state index < -0.39 is 0 Å². The minimum absolute atomic E-state index is 0.0112. The summed E-state index contributed by atoms with van der Waals surface area (Å²) >= 11 is 0. The first-order valence-electron chi connectivity index (χ1n) is 6.54. The Labute approximate surface area is 103 Å². The Morgan fingerprint density at radius 1 is 1.24 bits per heavy atom. The number of rotatable bonds is 2. The molecule has 0 radical (unpaired) electrons. The summed E-state index contributed by atoms with van der Waals surface area (Å²) in [5, 5.41) is 2.83. The molecule has 1 heterocycles. The molecule has 96 valence electrons. The SMILES string of the molecule is CC1CC(N2C(=O)C(C(C)C)NC(=O)C2C)C1. The fourth-order valence-corrected chi connectivity index (χ4v) is 2.85. The molecule has 2 rings (SSSR count). The molecule has 2 unspecified atom stereocenters. The van der Waals surface area contributed by atoms with Gasteiger partial charge in [0.1, 0.15) is 12.1 Å². The van der Waals surface area contributed by atoms with Crippen LogP contribution in [0.1, 0.15) is 40.5 Å². The van der Waals surface area contributed by atoms with Crippen LogP contribution in [-0.4, -0.2) is 34.8 Å². The van der Waals surface area contributed by atoms with Crippen LogP contribution in [0.15, 0.2) is 0 Å². The second-order valence-corrected chi connectivity index (χ2v) is 5.88. The third-order valence-electron chi connectivity index (χ3n) is 4.02. The van der Waals surface area contributed by atoms with Gasteiger partial charge in [-0.2, -0.15) is 0 Å². The molecule has 1 N–H and O–H groups in total. The first kappa shape index (κ1) is 12.4. The molecular formula is C13H22N2O2. The Balaban J connectivity index is 2.16. The van der Waals surface area contributed by atoms with E-state index in [0.29, 0.717) is 5.92 Å². The van der Waals surface area contributed by atoms with Gasteiger partial charge in [-0.05, 0) is 31.6 Å². The number of hydrogen-bond acceptors (Lipinski definition) is 2. The van der Waals surface area contributed by atoms with Crippen molar-refractivity contribution in [2.24, 2.45) is 11.8 Å². The number of piperazine rings is 1. The maximum Gasteiger partial charge on any atom is 0.246 e. The van der Waals surface area contributed by atoms with Crippen molar-refractivity contribution in [3.63, 3.8) is 0 Å². The number of carbonyl (C=O) groups is 2. The summed E-state index contributed by atoms with van der Waals surface area (Å²) in [7, 11) is 0. The molecule has 1 saturated heterocycles. The normalized spacial score (nSPS) is 38.1. The fourth-order valence-electron chi connectivity index (χ4n) is 2.85. The summed E-state index contributed by atoms with van der Waals surface area (Å²) in [4.78, 5) is 26.1. The highest BCUT2D eigenvalue weighted by atomic mass is 16.2. The molecule has 4 heteroatoms. The number of hydrogen-bond donors (Lipinski definition) is 1. The first-order valence-corrected chi connectivity index (χ1v) is 6.54. The van der Waals surface area contributed by atoms with Gasteiger partial charge in [0, 0.05) is 6.04 Å². The third kappa shape index (κ3) is 2.05. The maximum absolute atomic E-state index is 12.4. The topological polar surface area (TPSA) is 49.4 Å². The molecule has 2 amide bonds. The molecule has 2 atom stereocenters. The second kappa shape index (κ2) is 4.31. The Bertz CT molecular complexity index is 334. The van der Waals surface area contributed by atoms with Crippen molar-refractivity contribution in [3.8, 4) is 0 Å². The third-order valence-corrected chi connectivity index (χ3v) is 4.02. The lowest BCUT2D eigenvalue weighted by molar-refractivity contribution is -0.155. The van der Waals surface area contributed by atoms with Crippen LogP contribution in [0.25, 0.3) is 0 Å². The maximum atomic E-state index is 12.4. The highest BCUT2D eigenvalue weighted by Gasteiger charge is 2.45. The van der Waals surface area contributed by atoms with Crippen molar-refractivity contribution >= 4 is 11.8 Å². The van der Waals surface area contributed by atoms with Crippen LogP contribution < -0.4 is 5.32 Å². The number of amides is 2. The molecule has 1 aliphatic heterocycles. The van der Waals surface area contributed by atoms with Crippen molar-refractivity contribution in [1.82, 2.24) is 10.2 Å². The van der Waals surface area contributed by atoms with Crippen molar-refractivity contribution in [1.29, 1.82) is 0 Å². The van der Waals surface area contributed by atoms with Gasteiger partial charge < -0.3 is 10.2 Å². The van der Waals surface area contributed by atoms with Crippen LogP contribution in [0.2, 0.25) is 0 Å². The number of nitrogens with one attached hydrogen (secondary N) is 1. The zero-order valence-electron chi connectivity index (χ0n) is 11.1. The lowest BCUT2D eigenvalue weighted by atomic mass is 9.79. The molecule has 0 aromatic rings. The van der Waals surface area contributed by atoms with Crippen molar-refractivity contribution in [2.45, 2.75) is 58.7 Å². The molecule has 0 aromatic carbocycles. The number of carbonyl (C=O) groups excluding carboxylic acids is 2. The summed E-state index contributed by atoms with van der Waals surface area (Å²) in [5.41, 5.74) is 0. The summed E-state index contributed by atoms with van der Waals surface area (Å²) < 4.78 is 0. The van der Waals surface area contributed by atoms with Gasteiger partial charge in [0.05, 0.1) is 0 Å². The minimum Gasteiger partial charge on any atom is -0.342 e. The molecule has 1 saturated carbocycles. The average molecular weight is 238 g/mol. The Morgan fingerprint density at radius 3 is 2.29 bits per heavy atom. The molecule has 0 aromatic heterocycles. The first-order chi connectivity index (χ1) is 7.91. The Hall–Kier alpha value is -1.06. The molecular weight excluding hydrogens is 216 g/mol. The van der Waals surface area contributed by atoms with E-state index in [0.717, 1.165) is 12.8 Å². The quantitative estimate of drug-likeness (QED) is 0.784. The van der Waals surface area contributed by atoms with E-state index in [4.69, 9.17) is 0 Å². The molecule has 0 spiro atoms. The second-order valence-electron chi connectivity index (χ2n) is 5.88. The van der Waals surface area contributed by atoms with Gasteiger partial charge in [-0.15, -0.1) is 0 Å². The molecule has 2 fully saturated rings. The monoisotopic (exact) mass is 238 g/mol. The van der Waals surface area contributed by atoms with E-state index in [9.17, 15) is 9.59 Å².